The molecule has 0 radical (unpaired) electrons. The van der Waals surface area contributed by atoms with Gasteiger partial charge >= 0.3 is 0 Å². The van der Waals surface area contributed by atoms with Crippen molar-refractivity contribution in [1.82, 2.24) is 10.3 Å². The van der Waals surface area contributed by atoms with Gasteiger partial charge in [0.2, 0.25) is 0 Å². The lowest BCUT2D eigenvalue weighted by Gasteiger charge is -2.07. The number of hydrogen-bond acceptors (Lipinski definition) is 2. The molecule has 0 aliphatic heterocycles. The molecule has 3 nitrogen and oxygen atoms in total. The minimum atomic E-state index is -0.389. The predicted molar refractivity (Wildman–Crippen MR) is 74.2 cm³/mol. The van der Waals surface area contributed by atoms with E-state index in [4.69, 9.17) is 0 Å². The summed E-state index contributed by atoms with van der Waals surface area (Å²) in [6, 6.07) is 6.05. The van der Waals surface area contributed by atoms with Gasteiger partial charge in [0.05, 0.1) is 4.47 Å². The predicted octanol–water partition coefficient (Wildman–Crippen LogP) is 3.22. The highest BCUT2D eigenvalue weighted by Crippen LogP contribution is 2.16. The van der Waals surface area contributed by atoms with Crippen LogP contribution in [0.1, 0.15) is 21.5 Å². The SMILES string of the molecule is Cc1ccncc1CNC(=O)c1ccc(F)c(Br)c1. The fourth-order valence-electron chi connectivity index (χ4n) is 1.60. The van der Waals surface area contributed by atoms with E-state index >= 15 is 0 Å². The zero-order valence-corrected chi connectivity index (χ0v) is 11.9. The molecule has 1 heterocycles. The minimum Gasteiger partial charge on any atom is -0.348 e. The van der Waals surface area contributed by atoms with Gasteiger partial charge in [-0.15, -0.1) is 0 Å². The van der Waals surface area contributed by atoms with Gasteiger partial charge in [-0.1, -0.05) is 0 Å². The molecule has 0 aliphatic rings. The molecule has 0 atom stereocenters. The standard InChI is InChI=1S/C14H12BrFN2O/c1-9-4-5-17-7-11(9)8-18-14(19)10-2-3-13(16)12(15)6-10/h2-7H,8H2,1H3,(H,18,19). The summed E-state index contributed by atoms with van der Waals surface area (Å²) in [6.45, 7) is 2.35. The lowest BCUT2D eigenvalue weighted by Crippen LogP contribution is -2.23. The van der Waals surface area contributed by atoms with Gasteiger partial charge in [-0.25, -0.2) is 4.39 Å². The number of aryl methyl sites for hydroxylation is 1. The molecule has 5 heteroatoms. The Morgan fingerprint density at radius 1 is 1.42 bits per heavy atom. The van der Waals surface area contributed by atoms with Crippen molar-refractivity contribution in [3.05, 3.63) is 63.6 Å². The molecule has 0 bridgehead atoms. The van der Waals surface area contributed by atoms with Gasteiger partial charge in [0.15, 0.2) is 0 Å². The van der Waals surface area contributed by atoms with Gasteiger partial charge in [0.25, 0.3) is 5.91 Å². The Balaban J connectivity index is 2.05. The average Bonchev–Trinajstić information content (AvgIpc) is 2.40. The molecule has 1 amide bonds. The molecule has 19 heavy (non-hydrogen) atoms. The van der Waals surface area contributed by atoms with Gasteiger partial charge in [-0.3, -0.25) is 9.78 Å². The number of carbonyl (C=O) groups is 1. The van der Waals surface area contributed by atoms with Gasteiger partial charge in [0.1, 0.15) is 5.82 Å². The van der Waals surface area contributed by atoms with E-state index in [1.165, 1.54) is 18.2 Å². The van der Waals surface area contributed by atoms with Crippen molar-refractivity contribution in [2.75, 3.05) is 0 Å². The Morgan fingerprint density at radius 2 is 2.21 bits per heavy atom. The molecule has 0 saturated heterocycles. The molecule has 1 aromatic carbocycles. The summed E-state index contributed by atoms with van der Waals surface area (Å²) in [5.41, 5.74) is 2.43. The Bertz CT molecular complexity index is 616. The summed E-state index contributed by atoms with van der Waals surface area (Å²) in [6.07, 6.45) is 3.42. The summed E-state index contributed by atoms with van der Waals surface area (Å²) in [4.78, 5) is 15.9. The maximum Gasteiger partial charge on any atom is 0.251 e. The monoisotopic (exact) mass is 322 g/mol. The fourth-order valence-corrected chi connectivity index (χ4v) is 1.98. The lowest BCUT2D eigenvalue weighted by molar-refractivity contribution is 0.0950. The number of halogens is 2. The highest BCUT2D eigenvalue weighted by Gasteiger charge is 2.08. The highest BCUT2D eigenvalue weighted by atomic mass is 79.9. The van der Waals surface area contributed by atoms with Crippen molar-refractivity contribution >= 4 is 21.8 Å². The third kappa shape index (κ3) is 3.38. The van der Waals surface area contributed by atoms with Gasteiger partial charge < -0.3 is 5.32 Å². The summed E-state index contributed by atoms with van der Waals surface area (Å²) in [5, 5.41) is 2.78. The number of rotatable bonds is 3. The number of nitrogens with zero attached hydrogens (tertiary/aromatic N) is 1. The molecule has 0 saturated carbocycles. The van der Waals surface area contributed by atoms with E-state index in [0.717, 1.165) is 11.1 Å². The van der Waals surface area contributed by atoms with Gasteiger partial charge in [0, 0.05) is 24.5 Å². The van der Waals surface area contributed by atoms with Crippen LogP contribution in [-0.2, 0) is 6.54 Å². The van der Waals surface area contributed by atoms with Crippen LogP contribution in [0.25, 0.3) is 0 Å². The molecule has 98 valence electrons. The Morgan fingerprint density at radius 3 is 2.89 bits per heavy atom. The molecule has 1 aromatic heterocycles. The third-order valence-corrected chi connectivity index (χ3v) is 3.38. The third-order valence-electron chi connectivity index (χ3n) is 2.77. The fraction of sp³-hybridized carbons (Fsp3) is 0.143. The van der Waals surface area contributed by atoms with E-state index in [0.29, 0.717) is 12.1 Å². The van der Waals surface area contributed by atoms with Crippen molar-refractivity contribution in [2.24, 2.45) is 0 Å². The summed E-state index contributed by atoms with van der Waals surface area (Å²) in [5.74, 6) is -0.636. The first-order valence-electron chi connectivity index (χ1n) is 5.70. The molecule has 0 unspecified atom stereocenters. The van der Waals surface area contributed by atoms with Crippen LogP contribution < -0.4 is 5.32 Å². The van der Waals surface area contributed by atoms with E-state index in [1.807, 2.05) is 13.0 Å². The number of benzene rings is 1. The van der Waals surface area contributed by atoms with Crippen molar-refractivity contribution in [3.8, 4) is 0 Å². The number of carbonyl (C=O) groups excluding carboxylic acids is 1. The number of hydrogen-bond donors (Lipinski definition) is 1. The number of nitrogens with one attached hydrogen (secondary N) is 1. The zero-order valence-electron chi connectivity index (χ0n) is 10.3. The molecule has 0 aliphatic carbocycles. The second-order valence-electron chi connectivity index (χ2n) is 4.11. The van der Waals surface area contributed by atoms with Crippen LogP contribution in [0.4, 0.5) is 4.39 Å². The van der Waals surface area contributed by atoms with E-state index in [2.05, 4.69) is 26.2 Å². The van der Waals surface area contributed by atoms with E-state index in [9.17, 15) is 9.18 Å². The van der Waals surface area contributed by atoms with Crippen LogP contribution in [0.3, 0.4) is 0 Å². The van der Waals surface area contributed by atoms with Crippen molar-refractivity contribution in [3.63, 3.8) is 0 Å². The van der Waals surface area contributed by atoms with Crippen molar-refractivity contribution in [1.29, 1.82) is 0 Å². The average molecular weight is 323 g/mol. The van der Waals surface area contributed by atoms with Gasteiger partial charge in [-0.2, -0.15) is 0 Å². The quantitative estimate of drug-likeness (QED) is 0.942. The molecule has 2 aromatic rings. The topological polar surface area (TPSA) is 42.0 Å². The number of amides is 1. The smallest absolute Gasteiger partial charge is 0.251 e. The first-order chi connectivity index (χ1) is 9.08. The molecule has 0 fully saturated rings. The summed E-state index contributed by atoms with van der Waals surface area (Å²) < 4.78 is 13.4. The van der Waals surface area contributed by atoms with Crippen molar-refractivity contribution in [2.45, 2.75) is 13.5 Å². The Kier molecular flexibility index (Phi) is 4.27. The Labute approximate surface area is 119 Å². The normalized spacial score (nSPS) is 10.3. The van der Waals surface area contributed by atoms with Crippen LogP contribution in [0.2, 0.25) is 0 Å². The molecular weight excluding hydrogens is 311 g/mol. The molecular formula is C14H12BrFN2O. The summed E-state index contributed by atoms with van der Waals surface area (Å²) in [7, 11) is 0. The highest BCUT2D eigenvalue weighted by molar-refractivity contribution is 9.10. The zero-order chi connectivity index (χ0) is 13.8. The molecule has 0 spiro atoms. The van der Waals surface area contributed by atoms with Crippen LogP contribution in [0.15, 0.2) is 41.1 Å². The second-order valence-corrected chi connectivity index (χ2v) is 4.97. The van der Waals surface area contributed by atoms with Gasteiger partial charge in [-0.05, 0) is 58.2 Å². The maximum absolute atomic E-state index is 13.1. The van der Waals surface area contributed by atoms with Crippen LogP contribution >= 0.6 is 15.9 Å². The number of aromatic nitrogens is 1. The second kappa shape index (κ2) is 5.93. The largest absolute Gasteiger partial charge is 0.348 e. The Hall–Kier alpha value is -1.75. The van der Waals surface area contributed by atoms with E-state index in [1.54, 1.807) is 12.4 Å². The number of pyridine rings is 1. The minimum absolute atomic E-state index is 0.246. The first-order valence-corrected chi connectivity index (χ1v) is 6.50. The molecule has 2 rings (SSSR count). The summed E-state index contributed by atoms with van der Waals surface area (Å²) >= 11 is 3.06. The van der Waals surface area contributed by atoms with Crippen LogP contribution in [0.5, 0.6) is 0 Å². The van der Waals surface area contributed by atoms with Crippen LogP contribution in [0, 0.1) is 12.7 Å². The van der Waals surface area contributed by atoms with Crippen LogP contribution in [-0.4, -0.2) is 10.9 Å². The van der Waals surface area contributed by atoms with E-state index in [-0.39, 0.29) is 16.2 Å². The first kappa shape index (κ1) is 13.7. The maximum atomic E-state index is 13.1. The van der Waals surface area contributed by atoms with Crippen molar-refractivity contribution < 1.29 is 9.18 Å². The molecule has 1 N–H and O–H groups in total. The lowest BCUT2D eigenvalue weighted by atomic mass is 10.1. The van der Waals surface area contributed by atoms with E-state index < -0.39 is 0 Å².